The molecule has 0 aliphatic rings. The van der Waals surface area contributed by atoms with Gasteiger partial charge in [0, 0.05) is 6.54 Å². The molecule has 1 aromatic carbocycles. The summed E-state index contributed by atoms with van der Waals surface area (Å²) >= 11 is 0. The molecule has 0 aliphatic carbocycles. The molecule has 2 rings (SSSR count). The van der Waals surface area contributed by atoms with Gasteiger partial charge in [0.1, 0.15) is 11.4 Å². The van der Waals surface area contributed by atoms with Crippen molar-refractivity contribution < 1.29 is 4.74 Å². The largest absolute Gasteiger partial charge is 0.495 e. The number of nitrogens with one attached hydrogen (secondary N) is 2. The van der Waals surface area contributed by atoms with E-state index in [2.05, 4.69) is 15.3 Å². The highest BCUT2D eigenvalue weighted by Crippen LogP contribution is 2.22. The molecule has 0 amide bonds. The number of anilines is 3. The zero-order chi connectivity index (χ0) is 13.8. The Balaban J connectivity index is 2.12. The van der Waals surface area contributed by atoms with E-state index in [0.29, 0.717) is 23.8 Å². The van der Waals surface area contributed by atoms with Crippen LogP contribution >= 0.6 is 0 Å². The highest BCUT2D eigenvalue weighted by molar-refractivity contribution is 5.60. The van der Waals surface area contributed by atoms with Gasteiger partial charge in [0.05, 0.1) is 19.1 Å². The van der Waals surface area contributed by atoms with Gasteiger partial charge in [-0.2, -0.15) is 0 Å². The molecular formula is C12H15N5O2. The zero-order valence-corrected chi connectivity index (χ0v) is 10.4. The van der Waals surface area contributed by atoms with Crippen LogP contribution in [0.3, 0.4) is 0 Å². The molecule has 0 unspecified atom stereocenters. The van der Waals surface area contributed by atoms with Gasteiger partial charge in [-0.15, -0.1) is 0 Å². The molecule has 0 aliphatic heterocycles. The second-order valence-corrected chi connectivity index (χ2v) is 3.92. The van der Waals surface area contributed by atoms with Crippen LogP contribution < -0.4 is 27.1 Å². The van der Waals surface area contributed by atoms with Crippen molar-refractivity contribution in [2.75, 3.05) is 23.9 Å². The summed E-state index contributed by atoms with van der Waals surface area (Å²) in [5, 5.41) is 2.98. The number of nitrogen functional groups attached to an aromatic ring is 2. The number of ether oxygens (including phenoxy) is 1. The van der Waals surface area contributed by atoms with Crippen molar-refractivity contribution in [2.45, 2.75) is 6.54 Å². The maximum absolute atomic E-state index is 11.3. The highest BCUT2D eigenvalue weighted by Gasteiger charge is 2.05. The molecule has 1 heterocycles. The molecular weight excluding hydrogens is 246 g/mol. The van der Waals surface area contributed by atoms with Gasteiger partial charge < -0.3 is 26.5 Å². The van der Waals surface area contributed by atoms with Gasteiger partial charge in [-0.3, -0.25) is 4.79 Å². The van der Waals surface area contributed by atoms with E-state index in [0.717, 1.165) is 5.56 Å². The van der Waals surface area contributed by atoms with Crippen LogP contribution in [0.1, 0.15) is 5.56 Å². The van der Waals surface area contributed by atoms with Gasteiger partial charge in [-0.1, -0.05) is 6.07 Å². The summed E-state index contributed by atoms with van der Waals surface area (Å²) in [6.45, 7) is 0.453. The fourth-order valence-corrected chi connectivity index (χ4v) is 1.63. The molecule has 100 valence electrons. The smallest absolute Gasteiger partial charge is 0.276 e. The van der Waals surface area contributed by atoms with E-state index in [1.54, 1.807) is 19.2 Å². The third kappa shape index (κ3) is 2.76. The minimum atomic E-state index is -0.369. The lowest BCUT2D eigenvalue weighted by molar-refractivity contribution is 0.417. The first kappa shape index (κ1) is 12.7. The summed E-state index contributed by atoms with van der Waals surface area (Å²) < 4.78 is 5.07. The average molecular weight is 261 g/mol. The number of methoxy groups -OCH3 is 1. The Kier molecular flexibility index (Phi) is 3.56. The SMILES string of the molecule is COc1ccc(CNc2nc[nH]c(=O)c2N)cc1N. The van der Waals surface area contributed by atoms with Crippen LogP contribution in [-0.4, -0.2) is 17.1 Å². The molecule has 6 N–H and O–H groups in total. The summed E-state index contributed by atoms with van der Waals surface area (Å²) in [6.07, 6.45) is 1.30. The standard InChI is InChI=1S/C12H15N5O2/c1-19-9-3-2-7(4-8(9)13)5-15-11-10(14)12(18)17-6-16-11/h2-4,6H,5,13-14H2,1H3,(H2,15,16,17,18). The molecule has 7 nitrogen and oxygen atoms in total. The zero-order valence-electron chi connectivity index (χ0n) is 10.4. The lowest BCUT2D eigenvalue weighted by Gasteiger charge is -2.09. The number of aromatic amines is 1. The van der Waals surface area contributed by atoms with Gasteiger partial charge in [-0.05, 0) is 17.7 Å². The van der Waals surface area contributed by atoms with Crippen molar-refractivity contribution in [3.05, 3.63) is 40.4 Å². The Morgan fingerprint density at radius 1 is 1.42 bits per heavy atom. The molecule has 0 radical (unpaired) electrons. The predicted octanol–water partition coefficient (Wildman–Crippen LogP) is 0.555. The maximum Gasteiger partial charge on any atom is 0.276 e. The molecule has 0 atom stereocenters. The fourth-order valence-electron chi connectivity index (χ4n) is 1.63. The number of aromatic nitrogens is 2. The monoisotopic (exact) mass is 261 g/mol. The van der Waals surface area contributed by atoms with Crippen molar-refractivity contribution in [1.82, 2.24) is 9.97 Å². The minimum Gasteiger partial charge on any atom is -0.495 e. The molecule has 1 aromatic heterocycles. The van der Waals surface area contributed by atoms with Gasteiger partial charge in [0.15, 0.2) is 5.82 Å². The quantitative estimate of drug-likeness (QED) is 0.597. The Morgan fingerprint density at radius 2 is 2.21 bits per heavy atom. The van der Waals surface area contributed by atoms with Crippen LogP contribution in [0.15, 0.2) is 29.3 Å². The van der Waals surface area contributed by atoms with E-state index in [-0.39, 0.29) is 11.2 Å². The van der Waals surface area contributed by atoms with Crippen LogP contribution in [0, 0.1) is 0 Å². The number of H-pyrrole nitrogens is 1. The first-order valence-corrected chi connectivity index (χ1v) is 5.61. The van der Waals surface area contributed by atoms with Gasteiger partial charge in [-0.25, -0.2) is 4.98 Å². The molecule has 0 bridgehead atoms. The van der Waals surface area contributed by atoms with E-state index in [9.17, 15) is 4.79 Å². The first-order chi connectivity index (χ1) is 9.11. The second-order valence-electron chi connectivity index (χ2n) is 3.92. The molecule has 0 spiro atoms. The van der Waals surface area contributed by atoms with Gasteiger partial charge >= 0.3 is 0 Å². The lowest BCUT2D eigenvalue weighted by Crippen LogP contribution is -2.16. The summed E-state index contributed by atoms with van der Waals surface area (Å²) in [5.41, 5.74) is 12.6. The molecule has 7 heteroatoms. The number of hydrogen-bond donors (Lipinski definition) is 4. The third-order valence-corrected chi connectivity index (χ3v) is 2.64. The van der Waals surface area contributed by atoms with Crippen molar-refractivity contribution in [1.29, 1.82) is 0 Å². The van der Waals surface area contributed by atoms with Crippen molar-refractivity contribution in [3.8, 4) is 5.75 Å². The van der Waals surface area contributed by atoms with Crippen LogP contribution in [0.2, 0.25) is 0 Å². The summed E-state index contributed by atoms with van der Waals surface area (Å²) in [4.78, 5) is 17.6. The lowest BCUT2D eigenvalue weighted by atomic mass is 10.2. The number of nitrogens with zero attached hydrogens (tertiary/aromatic N) is 1. The summed E-state index contributed by atoms with van der Waals surface area (Å²) in [7, 11) is 1.56. The number of nitrogens with two attached hydrogens (primary N) is 2. The van der Waals surface area contributed by atoms with Crippen LogP contribution in [0.5, 0.6) is 5.75 Å². The van der Waals surface area contributed by atoms with Gasteiger partial charge in [0.25, 0.3) is 5.56 Å². The second kappa shape index (κ2) is 5.30. The van der Waals surface area contributed by atoms with Crippen LogP contribution in [-0.2, 0) is 6.54 Å². The van der Waals surface area contributed by atoms with Crippen LogP contribution in [0.25, 0.3) is 0 Å². The van der Waals surface area contributed by atoms with Gasteiger partial charge in [0.2, 0.25) is 0 Å². The van der Waals surface area contributed by atoms with Crippen molar-refractivity contribution in [3.63, 3.8) is 0 Å². The maximum atomic E-state index is 11.3. The van der Waals surface area contributed by atoms with Crippen molar-refractivity contribution >= 4 is 17.2 Å². The Hall–Kier alpha value is -2.70. The molecule has 0 fully saturated rings. The topological polar surface area (TPSA) is 119 Å². The summed E-state index contributed by atoms with van der Waals surface area (Å²) in [6, 6.07) is 5.43. The first-order valence-electron chi connectivity index (χ1n) is 5.61. The fraction of sp³-hybridized carbons (Fsp3) is 0.167. The third-order valence-electron chi connectivity index (χ3n) is 2.64. The average Bonchev–Trinajstić information content (AvgIpc) is 2.40. The highest BCUT2D eigenvalue weighted by atomic mass is 16.5. The van der Waals surface area contributed by atoms with E-state index in [1.807, 2.05) is 6.07 Å². The minimum absolute atomic E-state index is 0.0592. The van der Waals surface area contributed by atoms with E-state index < -0.39 is 0 Å². The van der Waals surface area contributed by atoms with E-state index in [1.165, 1.54) is 6.33 Å². The Morgan fingerprint density at radius 3 is 2.89 bits per heavy atom. The Bertz CT molecular complexity index is 638. The van der Waals surface area contributed by atoms with Crippen LogP contribution in [0.4, 0.5) is 17.2 Å². The molecule has 0 saturated carbocycles. The number of hydrogen-bond acceptors (Lipinski definition) is 6. The van der Waals surface area contributed by atoms with Crippen molar-refractivity contribution in [2.24, 2.45) is 0 Å². The molecule has 19 heavy (non-hydrogen) atoms. The molecule has 0 saturated heterocycles. The number of rotatable bonds is 4. The number of benzene rings is 1. The normalized spacial score (nSPS) is 10.2. The predicted molar refractivity (Wildman–Crippen MR) is 74.0 cm³/mol. The molecule has 2 aromatic rings. The Labute approximate surface area is 109 Å². The van der Waals surface area contributed by atoms with E-state index in [4.69, 9.17) is 16.2 Å². The van der Waals surface area contributed by atoms with E-state index >= 15 is 0 Å². The summed E-state index contributed by atoms with van der Waals surface area (Å²) in [5.74, 6) is 0.968.